The minimum absolute atomic E-state index is 0.0861. The summed E-state index contributed by atoms with van der Waals surface area (Å²) in [6, 6.07) is 5.75. The van der Waals surface area contributed by atoms with Gasteiger partial charge in [-0.15, -0.1) is 0 Å². The SMILES string of the molecule is CCOc1ccc(C(=O)CC[NH2+][C@@H](C(=O)[O-])[C@@H](C)O)cc1. The van der Waals surface area contributed by atoms with E-state index in [1.165, 1.54) is 12.2 Å². The van der Waals surface area contributed by atoms with E-state index >= 15 is 0 Å². The summed E-state index contributed by atoms with van der Waals surface area (Å²) in [4.78, 5) is 22.7. The van der Waals surface area contributed by atoms with Gasteiger partial charge >= 0.3 is 0 Å². The van der Waals surface area contributed by atoms with E-state index in [4.69, 9.17) is 4.74 Å². The van der Waals surface area contributed by atoms with Crippen molar-refractivity contribution in [3.8, 4) is 5.75 Å². The summed E-state index contributed by atoms with van der Waals surface area (Å²) in [5.41, 5.74) is 0.550. The van der Waals surface area contributed by atoms with Gasteiger partial charge in [-0.25, -0.2) is 0 Å². The van der Waals surface area contributed by atoms with Crippen LogP contribution in [0.4, 0.5) is 0 Å². The fraction of sp³-hybridized carbons (Fsp3) is 0.467. The molecule has 0 aliphatic rings. The number of hydrogen-bond donors (Lipinski definition) is 2. The van der Waals surface area contributed by atoms with E-state index in [0.29, 0.717) is 17.9 Å². The molecule has 0 fully saturated rings. The summed E-state index contributed by atoms with van der Waals surface area (Å²) in [6.45, 7) is 4.10. The molecule has 0 saturated heterocycles. The van der Waals surface area contributed by atoms with Gasteiger partial charge in [-0.05, 0) is 38.1 Å². The van der Waals surface area contributed by atoms with E-state index in [9.17, 15) is 19.8 Å². The molecular weight excluding hydrogens is 274 g/mol. The van der Waals surface area contributed by atoms with Crippen LogP contribution in [-0.4, -0.2) is 42.2 Å². The highest BCUT2D eigenvalue weighted by atomic mass is 16.5. The van der Waals surface area contributed by atoms with Crippen LogP contribution < -0.4 is 15.2 Å². The molecule has 21 heavy (non-hydrogen) atoms. The number of aliphatic carboxylic acids is 1. The Morgan fingerprint density at radius 1 is 1.33 bits per heavy atom. The highest BCUT2D eigenvalue weighted by Gasteiger charge is 2.19. The van der Waals surface area contributed by atoms with Gasteiger partial charge in [-0.2, -0.15) is 0 Å². The third-order valence-electron chi connectivity index (χ3n) is 3.07. The Balaban J connectivity index is 2.48. The molecule has 0 aromatic heterocycles. The van der Waals surface area contributed by atoms with Crippen molar-refractivity contribution in [2.75, 3.05) is 13.2 Å². The molecule has 0 spiro atoms. The van der Waals surface area contributed by atoms with Crippen LogP contribution in [0.5, 0.6) is 5.75 Å². The Morgan fingerprint density at radius 2 is 1.95 bits per heavy atom. The van der Waals surface area contributed by atoms with Gasteiger partial charge in [0.2, 0.25) is 0 Å². The molecule has 0 aliphatic carbocycles. The molecule has 0 amide bonds. The van der Waals surface area contributed by atoms with Gasteiger partial charge in [0.1, 0.15) is 17.8 Å². The molecule has 0 bridgehead atoms. The number of rotatable bonds is 9. The zero-order chi connectivity index (χ0) is 15.8. The molecule has 0 heterocycles. The van der Waals surface area contributed by atoms with E-state index in [-0.39, 0.29) is 18.7 Å². The first-order valence-corrected chi connectivity index (χ1v) is 6.94. The lowest BCUT2D eigenvalue weighted by Gasteiger charge is -2.18. The number of carboxylic acid groups (broad SMARTS) is 1. The summed E-state index contributed by atoms with van der Waals surface area (Å²) in [6.07, 6.45) is -0.847. The third-order valence-corrected chi connectivity index (χ3v) is 3.07. The van der Waals surface area contributed by atoms with Crippen LogP contribution in [0.1, 0.15) is 30.6 Å². The van der Waals surface area contributed by atoms with Crippen molar-refractivity contribution < 1.29 is 29.9 Å². The number of aliphatic hydroxyl groups is 1. The first kappa shape index (κ1) is 17.1. The summed E-state index contributed by atoms with van der Waals surface area (Å²) in [5, 5.41) is 21.5. The van der Waals surface area contributed by atoms with Crippen LogP contribution >= 0.6 is 0 Å². The Kier molecular flexibility index (Phi) is 6.84. The maximum absolute atomic E-state index is 11.9. The summed E-state index contributed by atoms with van der Waals surface area (Å²) < 4.78 is 5.29. The predicted octanol–water partition coefficient (Wildman–Crippen LogP) is -1.28. The van der Waals surface area contributed by atoms with E-state index in [0.717, 1.165) is 0 Å². The summed E-state index contributed by atoms with van der Waals surface area (Å²) >= 11 is 0. The summed E-state index contributed by atoms with van der Waals surface area (Å²) in [7, 11) is 0. The van der Waals surface area contributed by atoms with Crippen LogP contribution in [0, 0.1) is 0 Å². The van der Waals surface area contributed by atoms with Crippen LogP contribution in [0.25, 0.3) is 0 Å². The monoisotopic (exact) mass is 295 g/mol. The molecule has 2 atom stereocenters. The first-order chi connectivity index (χ1) is 9.95. The molecule has 0 radical (unpaired) electrons. The lowest BCUT2D eigenvalue weighted by Crippen LogP contribution is -2.95. The van der Waals surface area contributed by atoms with Crippen LogP contribution in [0.3, 0.4) is 0 Å². The topological polar surface area (TPSA) is 103 Å². The highest BCUT2D eigenvalue weighted by Crippen LogP contribution is 2.13. The molecule has 1 aromatic rings. The third kappa shape index (κ3) is 5.53. The quantitative estimate of drug-likeness (QED) is 0.552. The predicted molar refractivity (Wildman–Crippen MR) is 73.8 cm³/mol. The average molecular weight is 295 g/mol. The Bertz CT molecular complexity index is 469. The van der Waals surface area contributed by atoms with Gasteiger partial charge < -0.3 is 25.1 Å². The molecule has 3 N–H and O–H groups in total. The number of nitrogens with two attached hydrogens (primary N) is 1. The Morgan fingerprint density at radius 3 is 2.43 bits per heavy atom. The minimum atomic E-state index is -1.33. The summed E-state index contributed by atoms with van der Waals surface area (Å²) in [5.74, 6) is -0.720. The normalized spacial score (nSPS) is 13.5. The fourth-order valence-electron chi connectivity index (χ4n) is 1.93. The average Bonchev–Trinajstić information content (AvgIpc) is 2.43. The molecule has 1 rings (SSSR count). The first-order valence-electron chi connectivity index (χ1n) is 6.94. The van der Waals surface area contributed by atoms with Crippen molar-refractivity contribution in [3.63, 3.8) is 0 Å². The van der Waals surface area contributed by atoms with Gasteiger partial charge in [-0.3, -0.25) is 4.79 Å². The lowest BCUT2D eigenvalue weighted by molar-refractivity contribution is -0.688. The van der Waals surface area contributed by atoms with Crippen molar-refractivity contribution in [3.05, 3.63) is 29.8 Å². The van der Waals surface area contributed by atoms with Crippen molar-refractivity contribution >= 4 is 11.8 Å². The van der Waals surface area contributed by atoms with E-state index in [1.54, 1.807) is 24.3 Å². The Labute approximate surface area is 123 Å². The number of quaternary nitrogens is 1. The maximum Gasteiger partial charge on any atom is 0.168 e. The van der Waals surface area contributed by atoms with Crippen LogP contribution in [-0.2, 0) is 4.79 Å². The van der Waals surface area contributed by atoms with Gasteiger partial charge in [0, 0.05) is 5.56 Å². The zero-order valence-corrected chi connectivity index (χ0v) is 12.2. The van der Waals surface area contributed by atoms with Gasteiger partial charge in [0.25, 0.3) is 0 Å². The zero-order valence-electron chi connectivity index (χ0n) is 12.2. The standard InChI is InChI=1S/C15H21NO5/c1-3-21-12-6-4-11(5-7-12)13(18)8-9-16-14(10(2)17)15(19)20/h4-7,10,14,16-17H,3,8-9H2,1-2H3,(H,19,20)/t10-,14-/m1/s1. The van der Waals surface area contributed by atoms with Crippen molar-refractivity contribution in [1.29, 1.82) is 0 Å². The number of benzene rings is 1. The Hall–Kier alpha value is -1.92. The van der Waals surface area contributed by atoms with Gasteiger partial charge in [0.15, 0.2) is 11.8 Å². The highest BCUT2D eigenvalue weighted by molar-refractivity contribution is 5.96. The largest absolute Gasteiger partial charge is 0.544 e. The maximum atomic E-state index is 11.9. The molecule has 116 valence electrons. The number of carbonyl (C=O) groups is 2. The van der Waals surface area contributed by atoms with Crippen molar-refractivity contribution in [2.24, 2.45) is 0 Å². The number of carboxylic acids is 1. The molecule has 6 nitrogen and oxygen atoms in total. The smallest absolute Gasteiger partial charge is 0.168 e. The van der Waals surface area contributed by atoms with Crippen molar-refractivity contribution in [1.82, 2.24) is 0 Å². The second-order valence-corrected chi connectivity index (χ2v) is 4.74. The number of ether oxygens (including phenoxy) is 1. The van der Waals surface area contributed by atoms with E-state index < -0.39 is 18.1 Å². The van der Waals surface area contributed by atoms with Crippen LogP contribution in [0.15, 0.2) is 24.3 Å². The number of carbonyl (C=O) groups excluding carboxylic acids is 2. The molecule has 0 unspecified atom stereocenters. The molecule has 0 saturated carbocycles. The molecule has 1 aromatic carbocycles. The van der Waals surface area contributed by atoms with E-state index in [2.05, 4.69) is 0 Å². The number of hydrogen-bond acceptors (Lipinski definition) is 5. The van der Waals surface area contributed by atoms with Crippen molar-refractivity contribution in [2.45, 2.75) is 32.4 Å². The molecular formula is C15H21NO5. The van der Waals surface area contributed by atoms with E-state index in [1.807, 2.05) is 6.92 Å². The molecule has 0 aliphatic heterocycles. The second-order valence-electron chi connectivity index (χ2n) is 4.74. The second kappa shape index (κ2) is 8.39. The van der Waals surface area contributed by atoms with Gasteiger partial charge in [-0.1, -0.05) is 0 Å². The molecule has 6 heteroatoms. The number of aliphatic hydroxyl groups excluding tert-OH is 1. The van der Waals surface area contributed by atoms with Crippen LogP contribution in [0.2, 0.25) is 0 Å². The van der Waals surface area contributed by atoms with Gasteiger partial charge in [0.05, 0.1) is 19.6 Å². The lowest BCUT2D eigenvalue weighted by atomic mass is 10.1. The number of ketones is 1. The number of Topliss-reactive ketones (excluding diaryl/α,β-unsaturated/α-hetero) is 1. The fourth-order valence-corrected chi connectivity index (χ4v) is 1.93. The minimum Gasteiger partial charge on any atom is -0.544 e.